The molecular formula is C26H26N4O4. The Bertz CT molecular complexity index is 1290. The van der Waals surface area contributed by atoms with Crippen LogP contribution in [-0.2, 0) is 11.3 Å². The number of hydrogen-bond donors (Lipinski definition) is 1. The van der Waals surface area contributed by atoms with Gasteiger partial charge in [0, 0.05) is 30.9 Å². The van der Waals surface area contributed by atoms with Gasteiger partial charge < -0.3 is 24.2 Å². The minimum absolute atomic E-state index is 0.203. The number of methoxy groups -OCH3 is 1. The lowest BCUT2D eigenvalue weighted by molar-refractivity contribution is 0.0952. The highest BCUT2D eigenvalue weighted by atomic mass is 16.5. The van der Waals surface area contributed by atoms with E-state index in [0.29, 0.717) is 34.6 Å². The van der Waals surface area contributed by atoms with Crippen molar-refractivity contribution in [3.63, 3.8) is 0 Å². The van der Waals surface area contributed by atoms with Crippen LogP contribution in [0.2, 0.25) is 0 Å². The van der Waals surface area contributed by atoms with Crippen LogP contribution in [0.15, 0.2) is 59.1 Å². The molecule has 1 amide bonds. The van der Waals surface area contributed by atoms with Crippen molar-refractivity contribution in [3.05, 3.63) is 71.4 Å². The van der Waals surface area contributed by atoms with Crippen molar-refractivity contribution >= 4 is 22.7 Å². The number of aryl methyl sites for hydroxylation is 1. The molecule has 5 rings (SSSR count). The molecular weight excluding hydrogens is 432 g/mol. The third-order valence-corrected chi connectivity index (χ3v) is 6.01. The minimum Gasteiger partial charge on any atom is -0.497 e. The van der Waals surface area contributed by atoms with Crippen LogP contribution in [0.4, 0.5) is 5.69 Å². The summed E-state index contributed by atoms with van der Waals surface area (Å²) in [5.41, 5.74) is 5.12. The topological polar surface area (TPSA) is 89.7 Å². The fraction of sp³-hybridized carbons (Fsp3) is 0.269. The molecule has 1 saturated heterocycles. The Labute approximate surface area is 197 Å². The number of rotatable bonds is 6. The van der Waals surface area contributed by atoms with Crippen LogP contribution in [-0.4, -0.2) is 49.5 Å². The third kappa shape index (κ3) is 4.45. The van der Waals surface area contributed by atoms with Crippen LogP contribution in [0, 0.1) is 6.92 Å². The summed E-state index contributed by atoms with van der Waals surface area (Å²) < 4.78 is 16.1. The van der Waals surface area contributed by atoms with E-state index >= 15 is 0 Å². The lowest BCUT2D eigenvalue weighted by atomic mass is 10.0. The standard InChI is InChI=1S/C26H26N4O4/c1-17-24-22(15-23(28-26(24)34-29-17)19-5-9-21(32-2)10-6-19)25(31)27-16-18-3-7-20(8-4-18)30-11-13-33-14-12-30/h3-10,15H,11-14,16H2,1-2H3,(H,27,31). The third-order valence-electron chi connectivity index (χ3n) is 6.01. The largest absolute Gasteiger partial charge is 0.497 e. The summed E-state index contributed by atoms with van der Waals surface area (Å²) in [6, 6.07) is 17.5. The highest BCUT2D eigenvalue weighted by Gasteiger charge is 2.19. The van der Waals surface area contributed by atoms with E-state index < -0.39 is 0 Å². The Morgan fingerprint density at radius 1 is 1.09 bits per heavy atom. The van der Waals surface area contributed by atoms with Crippen LogP contribution >= 0.6 is 0 Å². The molecule has 174 valence electrons. The fourth-order valence-corrected chi connectivity index (χ4v) is 4.11. The Morgan fingerprint density at radius 2 is 1.82 bits per heavy atom. The second kappa shape index (κ2) is 9.52. The van der Waals surface area contributed by atoms with Gasteiger partial charge in [-0.05, 0) is 55.0 Å². The number of aromatic nitrogens is 2. The summed E-state index contributed by atoms with van der Waals surface area (Å²) in [4.78, 5) is 20.1. The first kappa shape index (κ1) is 21.9. The number of hydrogen-bond acceptors (Lipinski definition) is 7. The van der Waals surface area contributed by atoms with Crippen molar-refractivity contribution in [3.8, 4) is 17.0 Å². The van der Waals surface area contributed by atoms with Crippen molar-refractivity contribution in [2.24, 2.45) is 0 Å². The first-order chi connectivity index (χ1) is 16.6. The molecule has 0 unspecified atom stereocenters. The van der Waals surface area contributed by atoms with Gasteiger partial charge in [-0.15, -0.1) is 0 Å². The molecule has 2 aromatic carbocycles. The van der Waals surface area contributed by atoms with Gasteiger partial charge in [-0.2, -0.15) is 0 Å². The zero-order valence-electron chi connectivity index (χ0n) is 19.2. The molecule has 34 heavy (non-hydrogen) atoms. The van der Waals surface area contributed by atoms with Gasteiger partial charge in [0.05, 0.1) is 42.7 Å². The second-order valence-electron chi connectivity index (χ2n) is 8.18. The summed E-state index contributed by atoms with van der Waals surface area (Å²) in [6.07, 6.45) is 0. The van der Waals surface area contributed by atoms with Gasteiger partial charge in [-0.1, -0.05) is 17.3 Å². The number of benzene rings is 2. The SMILES string of the molecule is COc1ccc(-c2cc(C(=O)NCc3ccc(N4CCOCC4)cc3)c3c(C)noc3n2)cc1. The number of carbonyl (C=O) groups excluding carboxylic acids is 1. The first-order valence-electron chi connectivity index (χ1n) is 11.2. The highest BCUT2D eigenvalue weighted by Crippen LogP contribution is 2.28. The van der Waals surface area contributed by atoms with Crippen LogP contribution in [0.3, 0.4) is 0 Å². The zero-order valence-corrected chi connectivity index (χ0v) is 19.2. The van der Waals surface area contributed by atoms with Crippen molar-refractivity contribution in [1.82, 2.24) is 15.5 Å². The van der Waals surface area contributed by atoms with E-state index in [1.54, 1.807) is 13.2 Å². The first-order valence-corrected chi connectivity index (χ1v) is 11.2. The Kier molecular flexibility index (Phi) is 6.14. The smallest absolute Gasteiger partial charge is 0.259 e. The van der Waals surface area contributed by atoms with Crippen LogP contribution in [0.5, 0.6) is 5.75 Å². The van der Waals surface area contributed by atoms with E-state index in [-0.39, 0.29) is 5.91 Å². The molecule has 8 heteroatoms. The summed E-state index contributed by atoms with van der Waals surface area (Å²) >= 11 is 0. The maximum absolute atomic E-state index is 13.2. The summed E-state index contributed by atoms with van der Waals surface area (Å²) in [5.74, 6) is 0.545. The molecule has 0 atom stereocenters. The van der Waals surface area contributed by atoms with Crippen molar-refractivity contribution < 1.29 is 18.8 Å². The van der Waals surface area contributed by atoms with Crippen molar-refractivity contribution in [2.45, 2.75) is 13.5 Å². The van der Waals surface area contributed by atoms with E-state index in [2.05, 4.69) is 32.5 Å². The molecule has 0 radical (unpaired) electrons. The van der Waals surface area contributed by atoms with Gasteiger partial charge in [-0.25, -0.2) is 4.98 Å². The zero-order chi connectivity index (χ0) is 23.5. The van der Waals surface area contributed by atoms with Gasteiger partial charge in [0.1, 0.15) is 5.75 Å². The van der Waals surface area contributed by atoms with Gasteiger partial charge in [-0.3, -0.25) is 4.79 Å². The van der Waals surface area contributed by atoms with Crippen molar-refractivity contribution in [1.29, 1.82) is 0 Å². The number of carbonyl (C=O) groups is 1. The predicted octanol–water partition coefficient (Wildman–Crippen LogP) is 3.97. The quantitative estimate of drug-likeness (QED) is 0.468. The number of morpholine rings is 1. The summed E-state index contributed by atoms with van der Waals surface area (Å²) in [7, 11) is 1.62. The van der Waals surface area contributed by atoms with Gasteiger partial charge >= 0.3 is 0 Å². The number of amides is 1. The van der Waals surface area contributed by atoms with Crippen LogP contribution in [0.1, 0.15) is 21.6 Å². The Hall–Kier alpha value is -3.91. The number of anilines is 1. The van der Waals surface area contributed by atoms with Crippen LogP contribution in [0.25, 0.3) is 22.4 Å². The number of fused-ring (bicyclic) bond motifs is 1. The predicted molar refractivity (Wildman–Crippen MR) is 129 cm³/mol. The fourth-order valence-electron chi connectivity index (χ4n) is 4.11. The maximum atomic E-state index is 13.2. The molecule has 0 aliphatic carbocycles. The maximum Gasteiger partial charge on any atom is 0.259 e. The van der Waals surface area contributed by atoms with E-state index in [0.717, 1.165) is 43.2 Å². The van der Waals surface area contributed by atoms with E-state index in [1.807, 2.05) is 43.3 Å². The van der Waals surface area contributed by atoms with Gasteiger partial charge in [0.2, 0.25) is 0 Å². The average Bonchev–Trinajstić information content (AvgIpc) is 3.28. The van der Waals surface area contributed by atoms with Crippen molar-refractivity contribution in [2.75, 3.05) is 38.3 Å². The van der Waals surface area contributed by atoms with Crippen LogP contribution < -0.4 is 15.0 Å². The molecule has 4 aromatic rings. The number of ether oxygens (including phenoxy) is 2. The Balaban J connectivity index is 1.36. The molecule has 0 spiro atoms. The average molecular weight is 459 g/mol. The molecule has 1 fully saturated rings. The van der Waals surface area contributed by atoms with E-state index in [9.17, 15) is 4.79 Å². The molecule has 2 aromatic heterocycles. The number of pyridine rings is 1. The summed E-state index contributed by atoms with van der Waals surface area (Å²) in [5, 5.41) is 7.68. The monoisotopic (exact) mass is 458 g/mol. The lowest BCUT2D eigenvalue weighted by Crippen LogP contribution is -2.36. The normalized spacial score (nSPS) is 13.8. The minimum atomic E-state index is -0.203. The summed E-state index contributed by atoms with van der Waals surface area (Å²) in [6.45, 7) is 5.50. The van der Waals surface area contributed by atoms with Gasteiger partial charge in [0.15, 0.2) is 0 Å². The molecule has 1 N–H and O–H groups in total. The molecule has 1 aliphatic rings. The Morgan fingerprint density at radius 3 is 2.53 bits per heavy atom. The molecule has 1 aliphatic heterocycles. The highest BCUT2D eigenvalue weighted by molar-refractivity contribution is 6.07. The van der Waals surface area contributed by atoms with Gasteiger partial charge in [0.25, 0.3) is 11.6 Å². The van der Waals surface area contributed by atoms with E-state index in [4.69, 9.17) is 14.0 Å². The lowest BCUT2D eigenvalue weighted by Gasteiger charge is -2.28. The second-order valence-corrected chi connectivity index (χ2v) is 8.18. The molecule has 0 bridgehead atoms. The number of nitrogens with zero attached hydrogens (tertiary/aromatic N) is 3. The molecule has 0 saturated carbocycles. The van der Waals surface area contributed by atoms with E-state index in [1.165, 1.54) is 5.69 Å². The number of nitrogens with one attached hydrogen (secondary N) is 1. The molecule has 8 nitrogen and oxygen atoms in total. The molecule has 3 heterocycles.